The van der Waals surface area contributed by atoms with Crippen molar-refractivity contribution < 1.29 is 5.06 Å². The quantitative estimate of drug-likeness (QED) is 0.660. The summed E-state index contributed by atoms with van der Waals surface area (Å²) in [7, 11) is 0. The first-order valence-corrected chi connectivity index (χ1v) is 9.75. The highest BCUT2D eigenvalue weighted by molar-refractivity contribution is 6.30. The highest BCUT2D eigenvalue weighted by atomic mass is 35.5. The molecule has 0 amide bonds. The van der Waals surface area contributed by atoms with E-state index in [4.69, 9.17) is 11.6 Å². The van der Waals surface area contributed by atoms with E-state index in [1.807, 2.05) is 12.1 Å². The molecule has 0 radical (unpaired) electrons. The molecule has 1 aromatic carbocycles. The van der Waals surface area contributed by atoms with Gasteiger partial charge in [-0.05, 0) is 68.7 Å². The Morgan fingerprint density at radius 1 is 1.21 bits per heavy atom. The van der Waals surface area contributed by atoms with E-state index in [9.17, 15) is 5.21 Å². The predicted octanol–water partition coefficient (Wildman–Crippen LogP) is 2.91. The molecule has 0 aromatic heterocycles. The van der Waals surface area contributed by atoms with Crippen molar-refractivity contribution >= 4 is 17.3 Å². The predicted molar refractivity (Wildman–Crippen MR) is 96.5 cm³/mol. The lowest BCUT2D eigenvalue weighted by atomic mass is 9.74. The smallest absolute Gasteiger partial charge is 0.135 e. The van der Waals surface area contributed by atoms with E-state index >= 15 is 0 Å². The Morgan fingerprint density at radius 3 is 2.75 bits per heavy atom. The SMILES string of the molecule is [O-][NH+]1CC2(CCN(CC3CC4C=CC3C4)CC2)c2cc(Cl)ccc21. The van der Waals surface area contributed by atoms with Crippen molar-refractivity contribution in [2.45, 2.75) is 31.1 Å². The molecule has 1 aromatic rings. The van der Waals surface area contributed by atoms with Crippen LogP contribution in [0.15, 0.2) is 30.4 Å². The van der Waals surface area contributed by atoms with Crippen LogP contribution in [0.4, 0.5) is 5.69 Å². The summed E-state index contributed by atoms with van der Waals surface area (Å²) < 4.78 is 0. The van der Waals surface area contributed by atoms with E-state index in [0.717, 1.165) is 54.4 Å². The van der Waals surface area contributed by atoms with Crippen molar-refractivity contribution in [2.24, 2.45) is 17.8 Å². The van der Waals surface area contributed by atoms with E-state index in [1.165, 1.54) is 24.9 Å². The van der Waals surface area contributed by atoms with Gasteiger partial charge >= 0.3 is 0 Å². The molecule has 2 heterocycles. The molecule has 2 aliphatic heterocycles. The summed E-state index contributed by atoms with van der Waals surface area (Å²) in [5, 5.41) is 13.5. The first kappa shape index (κ1) is 15.4. The first-order valence-electron chi connectivity index (χ1n) is 9.37. The molecular formula is C20H25ClN2O. The van der Waals surface area contributed by atoms with Gasteiger partial charge in [-0.15, -0.1) is 0 Å². The third-order valence-corrected chi connectivity index (χ3v) is 7.31. The highest BCUT2D eigenvalue weighted by Gasteiger charge is 2.47. The zero-order chi connectivity index (χ0) is 16.3. The number of fused-ring (bicyclic) bond motifs is 4. The largest absolute Gasteiger partial charge is 0.629 e. The van der Waals surface area contributed by atoms with Crippen LogP contribution in [-0.4, -0.2) is 31.1 Å². The van der Waals surface area contributed by atoms with Crippen LogP contribution in [0.25, 0.3) is 0 Å². The number of nitrogens with zero attached hydrogens (tertiary/aromatic N) is 1. The molecule has 2 aliphatic carbocycles. The summed E-state index contributed by atoms with van der Waals surface area (Å²) >= 11 is 6.22. The Labute approximate surface area is 148 Å². The summed E-state index contributed by atoms with van der Waals surface area (Å²) in [5.74, 6) is 2.55. The number of hydrogen-bond donors (Lipinski definition) is 1. The van der Waals surface area contributed by atoms with Crippen LogP contribution in [0, 0.1) is 23.0 Å². The van der Waals surface area contributed by atoms with Crippen molar-refractivity contribution in [1.82, 2.24) is 4.90 Å². The van der Waals surface area contributed by atoms with Crippen LogP contribution in [-0.2, 0) is 5.41 Å². The molecule has 128 valence electrons. The lowest BCUT2D eigenvalue weighted by molar-refractivity contribution is -0.773. The monoisotopic (exact) mass is 344 g/mol. The number of allylic oxidation sites excluding steroid dienone is 2. The molecule has 2 fully saturated rings. The van der Waals surface area contributed by atoms with Crippen LogP contribution in [0.3, 0.4) is 0 Å². The van der Waals surface area contributed by atoms with E-state index < -0.39 is 0 Å². The lowest BCUT2D eigenvalue weighted by Gasteiger charge is -2.40. The molecule has 4 heteroatoms. The summed E-state index contributed by atoms with van der Waals surface area (Å²) in [6, 6.07) is 5.84. The third kappa shape index (κ3) is 2.37. The molecule has 4 atom stereocenters. The number of rotatable bonds is 2. The molecule has 4 unspecified atom stereocenters. The Kier molecular flexibility index (Phi) is 3.57. The maximum absolute atomic E-state index is 12.4. The molecule has 1 N–H and O–H groups in total. The van der Waals surface area contributed by atoms with Crippen molar-refractivity contribution in [3.8, 4) is 0 Å². The van der Waals surface area contributed by atoms with Gasteiger partial charge in [-0.1, -0.05) is 23.8 Å². The third-order valence-electron chi connectivity index (χ3n) is 7.07. The molecule has 1 spiro atoms. The fourth-order valence-corrected chi connectivity index (χ4v) is 5.91. The molecule has 2 bridgehead atoms. The van der Waals surface area contributed by atoms with Gasteiger partial charge in [0, 0.05) is 23.2 Å². The van der Waals surface area contributed by atoms with Gasteiger partial charge in [0.1, 0.15) is 5.69 Å². The summed E-state index contributed by atoms with van der Waals surface area (Å²) in [5.41, 5.74) is 2.20. The minimum Gasteiger partial charge on any atom is -0.629 e. The number of likely N-dealkylation sites (tertiary alicyclic amines) is 1. The fourth-order valence-electron chi connectivity index (χ4n) is 5.74. The minimum atomic E-state index is 0.0579. The second kappa shape index (κ2) is 5.57. The zero-order valence-electron chi connectivity index (χ0n) is 14.0. The number of hydroxylamine groups is 1. The topological polar surface area (TPSA) is 30.7 Å². The van der Waals surface area contributed by atoms with E-state index in [0.29, 0.717) is 11.6 Å². The Morgan fingerprint density at radius 2 is 2.04 bits per heavy atom. The Bertz CT molecular complexity index is 680. The van der Waals surface area contributed by atoms with Crippen LogP contribution in [0.1, 0.15) is 31.2 Å². The highest BCUT2D eigenvalue weighted by Crippen LogP contribution is 2.45. The second-order valence-corrected chi connectivity index (χ2v) is 8.85. The van der Waals surface area contributed by atoms with Gasteiger partial charge < -0.3 is 15.2 Å². The molecule has 1 saturated heterocycles. The van der Waals surface area contributed by atoms with E-state index in [-0.39, 0.29) is 5.41 Å². The van der Waals surface area contributed by atoms with Crippen molar-refractivity contribution in [3.05, 3.63) is 46.1 Å². The number of piperidine rings is 1. The summed E-state index contributed by atoms with van der Waals surface area (Å²) in [6.07, 6.45) is 9.86. The van der Waals surface area contributed by atoms with Gasteiger partial charge in [0.15, 0.2) is 0 Å². The number of halogens is 1. The number of quaternary nitrogens is 1. The minimum absolute atomic E-state index is 0.0579. The molecule has 5 rings (SSSR count). The second-order valence-electron chi connectivity index (χ2n) is 8.41. The number of benzene rings is 1. The van der Waals surface area contributed by atoms with Crippen molar-refractivity contribution in [1.29, 1.82) is 0 Å². The average Bonchev–Trinajstić information content (AvgIpc) is 3.25. The summed E-state index contributed by atoms with van der Waals surface area (Å²) in [4.78, 5) is 2.65. The van der Waals surface area contributed by atoms with Gasteiger partial charge in [0.25, 0.3) is 0 Å². The van der Waals surface area contributed by atoms with Gasteiger partial charge in [0.05, 0.1) is 12.0 Å². The number of hydrogen-bond acceptors (Lipinski definition) is 2. The average molecular weight is 345 g/mol. The van der Waals surface area contributed by atoms with Gasteiger partial charge in [0.2, 0.25) is 0 Å². The van der Waals surface area contributed by atoms with Crippen molar-refractivity contribution in [2.75, 3.05) is 26.2 Å². The molecular weight excluding hydrogens is 320 g/mol. The number of nitrogens with one attached hydrogen (secondary N) is 1. The molecule has 24 heavy (non-hydrogen) atoms. The Hall–Kier alpha value is -0.870. The molecule has 3 nitrogen and oxygen atoms in total. The van der Waals surface area contributed by atoms with Crippen LogP contribution >= 0.6 is 11.6 Å². The van der Waals surface area contributed by atoms with E-state index in [2.05, 4.69) is 23.1 Å². The fraction of sp³-hybridized carbons (Fsp3) is 0.600. The van der Waals surface area contributed by atoms with Crippen LogP contribution in [0.2, 0.25) is 5.02 Å². The van der Waals surface area contributed by atoms with Gasteiger partial charge in [-0.2, -0.15) is 0 Å². The lowest BCUT2D eigenvalue weighted by Crippen LogP contribution is -3.01. The van der Waals surface area contributed by atoms with Crippen molar-refractivity contribution in [3.63, 3.8) is 0 Å². The standard InChI is InChI=1S/C20H25ClN2O/c21-17-3-4-19-18(11-17)20(13-23(19)24)5-7-22(8-6-20)12-16-10-14-1-2-15(16)9-14/h1-4,11,14-16,23H,5-10,12-13H2. The van der Waals surface area contributed by atoms with E-state index in [1.54, 1.807) is 0 Å². The normalized spacial score (nSPS) is 36.6. The molecule has 1 saturated carbocycles. The summed E-state index contributed by atoms with van der Waals surface area (Å²) in [6.45, 7) is 4.18. The van der Waals surface area contributed by atoms with Gasteiger partial charge in [-0.3, -0.25) is 0 Å². The maximum Gasteiger partial charge on any atom is 0.135 e. The van der Waals surface area contributed by atoms with Crippen LogP contribution in [0.5, 0.6) is 0 Å². The maximum atomic E-state index is 12.4. The first-order chi connectivity index (χ1) is 11.6. The van der Waals surface area contributed by atoms with Gasteiger partial charge in [-0.25, -0.2) is 0 Å². The van der Waals surface area contributed by atoms with Crippen LogP contribution < -0.4 is 5.06 Å². The Balaban J connectivity index is 1.29. The zero-order valence-corrected chi connectivity index (χ0v) is 14.8. The molecule has 4 aliphatic rings.